The Labute approximate surface area is 216 Å². The second-order valence-electron chi connectivity index (χ2n) is 8.81. The van der Waals surface area contributed by atoms with Gasteiger partial charge in [-0.15, -0.1) is 6.42 Å². The molecule has 2 N–H and O–H groups in total. The lowest BCUT2D eigenvalue weighted by Gasteiger charge is -2.23. The van der Waals surface area contributed by atoms with Gasteiger partial charge in [-0.05, 0) is 44.2 Å². The molecule has 1 amide bonds. The van der Waals surface area contributed by atoms with Crippen molar-refractivity contribution in [1.29, 1.82) is 5.26 Å². The summed E-state index contributed by atoms with van der Waals surface area (Å²) in [4.78, 5) is 19.7. The lowest BCUT2D eigenvalue weighted by atomic mass is 10.0. The summed E-state index contributed by atoms with van der Waals surface area (Å²) in [5.41, 5.74) is 4.57. The zero-order valence-electron chi connectivity index (χ0n) is 21.0. The molecular formula is C29H29N5O3. The van der Waals surface area contributed by atoms with Crippen molar-refractivity contribution in [2.75, 3.05) is 51.1 Å². The summed E-state index contributed by atoms with van der Waals surface area (Å²) in [5.74, 6) is 2.86. The van der Waals surface area contributed by atoms with Gasteiger partial charge in [0.05, 0.1) is 29.1 Å². The number of likely N-dealkylation sites (tertiary alicyclic amines) is 1. The van der Waals surface area contributed by atoms with Gasteiger partial charge in [0.25, 0.3) is 0 Å². The maximum atomic E-state index is 13.0. The number of pyridine rings is 1. The molecule has 188 valence electrons. The van der Waals surface area contributed by atoms with Crippen LogP contribution in [0.5, 0.6) is 5.75 Å². The molecule has 8 heteroatoms. The van der Waals surface area contributed by atoms with E-state index in [1.165, 1.54) is 6.20 Å². The van der Waals surface area contributed by atoms with E-state index in [2.05, 4.69) is 39.6 Å². The number of rotatable bonds is 8. The highest BCUT2D eigenvalue weighted by molar-refractivity contribution is 6.05. The molecular weight excluding hydrogens is 466 g/mol. The van der Waals surface area contributed by atoms with Crippen LogP contribution in [0.1, 0.15) is 24.0 Å². The van der Waals surface area contributed by atoms with Crippen LogP contribution in [-0.4, -0.2) is 56.3 Å². The number of piperidine rings is 1. The maximum absolute atomic E-state index is 13.0. The van der Waals surface area contributed by atoms with Crippen molar-refractivity contribution < 1.29 is 14.3 Å². The van der Waals surface area contributed by atoms with E-state index in [0.29, 0.717) is 52.4 Å². The number of methoxy groups -OCH3 is 1. The number of fused-ring (bicyclic) bond motifs is 1. The van der Waals surface area contributed by atoms with Crippen LogP contribution in [0.3, 0.4) is 0 Å². The molecule has 0 unspecified atom stereocenters. The predicted octanol–water partition coefficient (Wildman–Crippen LogP) is 4.45. The molecule has 8 nitrogen and oxygen atoms in total. The van der Waals surface area contributed by atoms with E-state index < -0.39 is 0 Å². The third-order valence-corrected chi connectivity index (χ3v) is 6.16. The molecule has 0 spiro atoms. The number of ether oxygens (including phenoxy) is 2. The van der Waals surface area contributed by atoms with Gasteiger partial charge < -0.3 is 25.0 Å². The van der Waals surface area contributed by atoms with Crippen LogP contribution in [0, 0.1) is 23.7 Å². The molecule has 0 aliphatic carbocycles. The highest BCUT2D eigenvalue weighted by Crippen LogP contribution is 2.36. The number of hydrogen-bond donors (Lipinski definition) is 2. The van der Waals surface area contributed by atoms with Gasteiger partial charge >= 0.3 is 0 Å². The first kappa shape index (κ1) is 25.7. The Kier molecular flexibility index (Phi) is 8.37. The average molecular weight is 496 g/mol. The topological polar surface area (TPSA) is 99.5 Å². The second-order valence-corrected chi connectivity index (χ2v) is 8.81. The van der Waals surface area contributed by atoms with Crippen molar-refractivity contribution in [2.45, 2.75) is 12.8 Å². The van der Waals surface area contributed by atoms with E-state index in [-0.39, 0.29) is 5.91 Å². The minimum atomic E-state index is -0.226. The van der Waals surface area contributed by atoms with Crippen LogP contribution in [0.25, 0.3) is 10.9 Å². The van der Waals surface area contributed by atoms with Crippen molar-refractivity contribution in [1.82, 2.24) is 9.88 Å². The summed E-state index contributed by atoms with van der Waals surface area (Å²) in [6.45, 7) is 2.55. The monoisotopic (exact) mass is 495 g/mol. The van der Waals surface area contributed by atoms with Crippen LogP contribution < -0.4 is 15.4 Å². The van der Waals surface area contributed by atoms with Crippen LogP contribution in [0.2, 0.25) is 0 Å². The maximum Gasteiger partial charge on any atom is 0.248 e. The molecule has 0 bridgehead atoms. The van der Waals surface area contributed by atoms with Crippen molar-refractivity contribution in [3.05, 3.63) is 65.4 Å². The number of benzene rings is 2. The molecule has 0 atom stereocenters. The molecule has 4 rings (SSSR count). The zero-order valence-corrected chi connectivity index (χ0v) is 21.0. The molecule has 1 saturated heterocycles. The summed E-state index contributed by atoms with van der Waals surface area (Å²) >= 11 is 0. The highest BCUT2D eigenvalue weighted by atomic mass is 16.5. The smallest absolute Gasteiger partial charge is 0.248 e. The minimum Gasteiger partial charge on any atom is -0.489 e. The Morgan fingerprint density at radius 2 is 2.05 bits per heavy atom. The average Bonchev–Trinajstić information content (AvgIpc) is 2.91. The summed E-state index contributed by atoms with van der Waals surface area (Å²) in [6, 6.07) is 13.1. The number of nitriles is 1. The standard InChI is InChI=1S/C29H29N5O3/c1-4-20-6-5-7-23(14-20)32-29-22(18-30)19-31-25-17-27(37-13-12-36-3)26(16-24(25)29)33-28(35)15-21-8-10-34(2)11-9-21/h1,5-7,14-17,19H,8-13H2,2-3H3,(H,31,32)(H,33,35). The zero-order chi connectivity index (χ0) is 26.2. The Morgan fingerprint density at radius 3 is 2.78 bits per heavy atom. The van der Waals surface area contributed by atoms with Crippen molar-refractivity contribution in [3.8, 4) is 24.2 Å². The summed E-state index contributed by atoms with van der Waals surface area (Å²) in [5, 5.41) is 16.7. The van der Waals surface area contributed by atoms with Gasteiger partial charge in [0.2, 0.25) is 5.91 Å². The van der Waals surface area contributed by atoms with Crippen molar-refractivity contribution in [3.63, 3.8) is 0 Å². The largest absolute Gasteiger partial charge is 0.489 e. The Hall–Kier alpha value is -4.37. The first-order chi connectivity index (χ1) is 18.0. The van der Waals surface area contributed by atoms with E-state index in [0.717, 1.165) is 37.2 Å². The van der Waals surface area contributed by atoms with Crippen molar-refractivity contribution in [2.24, 2.45) is 0 Å². The van der Waals surface area contributed by atoms with E-state index in [4.69, 9.17) is 15.9 Å². The molecule has 1 aliphatic heterocycles. The van der Waals surface area contributed by atoms with Crippen LogP contribution in [-0.2, 0) is 9.53 Å². The molecule has 3 aromatic rings. The van der Waals surface area contributed by atoms with Gasteiger partial charge in [-0.2, -0.15) is 5.26 Å². The Bertz CT molecular complexity index is 1410. The normalized spacial score (nSPS) is 13.5. The number of aromatic nitrogens is 1. The number of carbonyl (C=O) groups excluding carboxylic acids is 1. The number of anilines is 3. The summed E-state index contributed by atoms with van der Waals surface area (Å²) in [7, 11) is 3.67. The molecule has 1 aromatic heterocycles. The third-order valence-electron chi connectivity index (χ3n) is 6.16. The van der Waals surface area contributed by atoms with Crippen LogP contribution in [0.4, 0.5) is 17.1 Å². The first-order valence-electron chi connectivity index (χ1n) is 12.0. The first-order valence-corrected chi connectivity index (χ1v) is 12.0. The van der Waals surface area contributed by atoms with Gasteiger partial charge in [0, 0.05) is 55.2 Å². The molecule has 37 heavy (non-hydrogen) atoms. The fourth-order valence-electron chi connectivity index (χ4n) is 4.13. The highest BCUT2D eigenvalue weighted by Gasteiger charge is 2.17. The van der Waals surface area contributed by atoms with Gasteiger partial charge in [0.15, 0.2) is 0 Å². The van der Waals surface area contributed by atoms with E-state index in [1.54, 1.807) is 25.3 Å². The number of amides is 1. The summed E-state index contributed by atoms with van der Waals surface area (Å²) in [6.07, 6.45) is 10.5. The number of nitrogens with one attached hydrogen (secondary N) is 2. The van der Waals surface area contributed by atoms with E-state index in [9.17, 15) is 10.1 Å². The molecule has 1 aliphatic rings. The molecule has 2 aromatic carbocycles. The SMILES string of the molecule is C#Cc1cccc(Nc2c(C#N)cnc3cc(OCCOC)c(NC(=O)C=C4CCN(C)CC4)cc23)c1. The van der Waals surface area contributed by atoms with E-state index >= 15 is 0 Å². The Morgan fingerprint density at radius 1 is 1.24 bits per heavy atom. The summed E-state index contributed by atoms with van der Waals surface area (Å²) < 4.78 is 11.0. The second kappa shape index (κ2) is 12.0. The number of hydrogen-bond acceptors (Lipinski definition) is 7. The molecule has 0 saturated carbocycles. The lowest BCUT2D eigenvalue weighted by Crippen LogP contribution is -2.27. The quantitative estimate of drug-likeness (QED) is 0.271. The van der Waals surface area contributed by atoms with Gasteiger partial charge in [0.1, 0.15) is 18.4 Å². The fourth-order valence-corrected chi connectivity index (χ4v) is 4.13. The number of terminal acetylenes is 1. The van der Waals surface area contributed by atoms with Gasteiger partial charge in [-0.3, -0.25) is 9.78 Å². The van der Waals surface area contributed by atoms with Crippen LogP contribution in [0.15, 0.2) is 54.2 Å². The molecule has 1 fully saturated rings. The van der Waals surface area contributed by atoms with Crippen molar-refractivity contribution >= 4 is 33.9 Å². The number of nitrogens with zero attached hydrogens (tertiary/aromatic N) is 3. The molecule has 2 heterocycles. The van der Waals surface area contributed by atoms with E-state index in [1.807, 2.05) is 24.3 Å². The number of carbonyl (C=O) groups is 1. The fraction of sp³-hybridized carbons (Fsp3) is 0.276. The molecule has 0 radical (unpaired) electrons. The third kappa shape index (κ3) is 6.45. The minimum absolute atomic E-state index is 0.226. The van der Waals surface area contributed by atoms with Crippen LogP contribution >= 0.6 is 0 Å². The lowest BCUT2D eigenvalue weighted by molar-refractivity contribution is -0.112. The van der Waals surface area contributed by atoms with Gasteiger partial charge in [-0.25, -0.2) is 0 Å². The predicted molar refractivity (Wildman–Crippen MR) is 145 cm³/mol. The van der Waals surface area contributed by atoms with Gasteiger partial charge in [-0.1, -0.05) is 17.6 Å². The Balaban J connectivity index is 1.74.